The Balaban J connectivity index is 2.47. The summed E-state index contributed by atoms with van der Waals surface area (Å²) in [6, 6.07) is 3.97. The van der Waals surface area contributed by atoms with Crippen molar-refractivity contribution in [2.75, 3.05) is 11.9 Å². The molecule has 106 valence electrons. The van der Waals surface area contributed by atoms with Gasteiger partial charge in [-0.2, -0.15) is 0 Å². The van der Waals surface area contributed by atoms with E-state index in [4.69, 9.17) is 0 Å². The van der Waals surface area contributed by atoms with Gasteiger partial charge in [0.15, 0.2) is 5.82 Å². The maximum absolute atomic E-state index is 14.0. The van der Waals surface area contributed by atoms with E-state index in [9.17, 15) is 19.6 Å². The highest BCUT2D eigenvalue weighted by Crippen LogP contribution is 2.32. The van der Waals surface area contributed by atoms with Gasteiger partial charge in [-0.05, 0) is 25.5 Å². The van der Waals surface area contributed by atoms with Crippen molar-refractivity contribution in [3.8, 4) is 0 Å². The highest BCUT2D eigenvalue weighted by molar-refractivity contribution is 5.97. The predicted molar refractivity (Wildman–Crippen MR) is 73.1 cm³/mol. The fraction of sp³-hybridized carbons (Fsp3) is 0.308. The number of pyridine rings is 1. The van der Waals surface area contributed by atoms with Gasteiger partial charge in [-0.3, -0.25) is 15.1 Å². The summed E-state index contributed by atoms with van der Waals surface area (Å²) in [5, 5.41) is 23.2. The van der Waals surface area contributed by atoms with Gasteiger partial charge >= 0.3 is 0 Å². The Morgan fingerprint density at radius 1 is 1.60 bits per heavy atom. The lowest BCUT2D eigenvalue weighted by atomic mass is 10.1. The first kappa shape index (κ1) is 14.1. The lowest BCUT2D eigenvalue weighted by Gasteiger charge is -2.11. The summed E-state index contributed by atoms with van der Waals surface area (Å²) in [6.07, 6.45) is 1.37. The van der Waals surface area contributed by atoms with Gasteiger partial charge < -0.3 is 10.4 Å². The molecule has 0 aliphatic carbocycles. The Hall–Kier alpha value is -2.28. The summed E-state index contributed by atoms with van der Waals surface area (Å²) >= 11 is 0. The zero-order valence-electron chi connectivity index (χ0n) is 10.8. The molecule has 20 heavy (non-hydrogen) atoms. The van der Waals surface area contributed by atoms with Crippen LogP contribution < -0.4 is 5.32 Å². The normalized spacial score (nSPS) is 12.3. The van der Waals surface area contributed by atoms with Gasteiger partial charge in [0.05, 0.1) is 28.2 Å². The van der Waals surface area contributed by atoms with Gasteiger partial charge in [-0.1, -0.05) is 0 Å². The third-order valence-electron chi connectivity index (χ3n) is 2.88. The van der Waals surface area contributed by atoms with Crippen LogP contribution >= 0.6 is 0 Å². The number of anilines is 1. The van der Waals surface area contributed by atoms with E-state index < -0.39 is 16.8 Å². The number of hydrogen-bond acceptors (Lipinski definition) is 5. The molecular weight excluding hydrogens is 265 g/mol. The van der Waals surface area contributed by atoms with E-state index in [1.165, 1.54) is 12.3 Å². The molecule has 7 heteroatoms. The Morgan fingerprint density at radius 2 is 2.35 bits per heavy atom. The van der Waals surface area contributed by atoms with Gasteiger partial charge in [-0.15, -0.1) is 0 Å². The number of benzene rings is 1. The van der Waals surface area contributed by atoms with E-state index in [0.29, 0.717) is 13.0 Å². The fourth-order valence-corrected chi connectivity index (χ4v) is 1.92. The fourth-order valence-electron chi connectivity index (χ4n) is 1.92. The van der Waals surface area contributed by atoms with E-state index in [2.05, 4.69) is 10.3 Å². The maximum atomic E-state index is 14.0. The van der Waals surface area contributed by atoms with Crippen LogP contribution in [0.4, 0.5) is 15.8 Å². The second-order valence-corrected chi connectivity index (χ2v) is 4.47. The molecule has 0 fully saturated rings. The molecule has 6 nitrogen and oxygen atoms in total. The van der Waals surface area contributed by atoms with Crippen LogP contribution in [0.3, 0.4) is 0 Å². The number of nitrogens with one attached hydrogen (secondary N) is 1. The molecule has 0 bridgehead atoms. The largest absolute Gasteiger partial charge is 0.393 e. The molecule has 0 spiro atoms. The van der Waals surface area contributed by atoms with Gasteiger partial charge in [0, 0.05) is 12.7 Å². The van der Waals surface area contributed by atoms with Crippen molar-refractivity contribution in [1.82, 2.24) is 4.98 Å². The first-order valence-electron chi connectivity index (χ1n) is 6.14. The molecule has 0 saturated heterocycles. The molecular formula is C13H14FN3O3. The van der Waals surface area contributed by atoms with Crippen molar-refractivity contribution in [2.45, 2.75) is 19.4 Å². The van der Waals surface area contributed by atoms with Crippen molar-refractivity contribution < 1.29 is 14.4 Å². The average Bonchev–Trinajstić information content (AvgIpc) is 2.40. The number of nitro benzene ring substituents is 1. The summed E-state index contributed by atoms with van der Waals surface area (Å²) in [4.78, 5) is 14.3. The van der Waals surface area contributed by atoms with Crippen molar-refractivity contribution >= 4 is 22.3 Å². The minimum atomic E-state index is -0.728. The number of non-ortho nitro benzene ring substituents is 1. The molecule has 1 aromatic carbocycles. The highest BCUT2D eigenvalue weighted by atomic mass is 19.1. The summed E-state index contributed by atoms with van der Waals surface area (Å²) in [5.74, 6) is -0.728. The molecule has 2 rings (SSSR count). The zero-order valence-corrected chi connectivity index (χ0v) is 10.8. The van der Waals surface area contributed by atoms with Gasteiger partial charge in [-0.25, -0.2) is 4.39 Å². The second-order valence-electron chi connectivity index (χ2n) is 4.47. The SMILES string of the molecule is CC(O)CCNc1c(F)cc([N+](=O)[O-])c2cccnc12. The minimum Gasteiger partial charge on any atom is -0.393 e. The van der Waals surface area contributed by atoms with Crippen LogP contribution in [0.5, 0.6) is 0 Å². The number of aromatic nitrogens is 1. The first-order chi connectivity index (χ1) is 9.50. The summed E-state index contributed by atoms with van der Waals surface area (Å²) in [7, 11) is 0. The van der Waals surface area contributed by atoms with Crippen LogP contribution in [0.15, 0.2) is 24.4 Å². The number of aliphatic hydroxyl groups is 1. The van der Waals surface area contributed by atoms with Gasteiger partial charge in [0.1, 0.15) is 5.52 Å². The molecule has 1 heterocycles. The molecule has 0 aliphatic heterocycles. The van der Waals surface area contributed by atoms with Crippen LogP contribution in [0, 0.1) is 15.9 Å². The second kappa shape index (κ2) is 5.79. The molecule has 0 saturated carbocycles. The number of nitrogens with zero attached hydrogens (tertiary/aromatic N) is 2. The zero-order chi connectivity index (χ0) is 14.7. The molecule has 2 aromatic rings. The van der Waals surface area contributed by atoms with E-state index >= 15 is 0 Å². The average molecular weight is 279 g/mol. The number of hydrogen-bond donors (Lipinski definition) is 2. The lowest BCUT2D eigenvalue weighted by molar-refractivity contribution is -0.383. The quantitative estimate of drug-likeness (QED) is 0.648. The van der Waals surface area contributed by atoms with E-state index in [1.54, 1.807) is 13.0 Å². The molecule has 1 unspecified atom stereocenters. The maximum Gasteiger partial charge on any atom is 0.281 e. The number of rotatable bonds is 5. The third-order valence-corrected chi connectivity index (χ3v) is 2.88. The molecule has 0 amide bonds. The molecule has 0 radical (unpaired) electrons. The lowest BCUT2D eigenvalue weighted by Crippen LogP contribution is -2.11. The van der Waals surface area contributed by atoms with Crippen LogP contribution in [0.25, 0.3) is 10.9 Å². The Morgan fingerprint density at radius 3 is 3.00 bits per heavy atom. The Labute approximate surface area is 114 Å². The van der Waals surface area contributed by atoms with Crippen molar-refractivity contribution in [3.05, 3.63) is 40.3 Å². The van der Waals surface area contributed by atoms with Crippen LogP contribution in [-0.2, 0) is 0 Å². The molecule has 1 atom stereocenters. The monoisotopic (exact) mass is 279 g/mol. The smallest absolute Gasteiger partial charge is 0.281 e. The minimum absolute atomic E-state index is 0.117. The summed E-state index contributed by atoms with van der Waals surface area (Å²) in [6.45, 7) is 1.97. The van der Waals surface area contributed by atoms with E-state index in [0.717, 1.165) is 6.07 Å². The standard InChI is InChI=1S/C13H14FN3O3/c1-8(18)4-6-16-13-10(14)7-11(17(19)20)9-3-2-5-15-12(9)13/h2-3,5,7-8,16,18H,4,6H2,1H3. The molecule has 0 aliphatic rings. The number of halogens is 1. The molecule has 2 N–H and O–H groups in total. The highest BCUT2D eigenvalue weighted by Gasteiger charge is 2.19. The van der Waals surface area contributed by atoms with Crippen molar-refractivity contribution in [2.24, 2.45) is 0 Å². The van der Waals surface area contributed by atoms with Crippen LogP contribution in [0.1, 0.15) is 13.3 Å². The number of aliphatic hydroxyl groups excluding tert-OH is 1. The van der Waals surface area contributed by atoms with E-state index in [-0.39, 0.29) is 22.3 Å². The number of nitro groups is 1. The Bertz CT molecular complexity index is 646. The molecule has 1 aromatic heterocycles. The van der Waals surface area contributed by atoms with Crippen molar-refractivity contribution in [1.29, 1.82) is 0 Å². The number of fused-ring (bicyclic) bond motifs is 1. The summed E-state index contributed by atoms with van der Waals surface area (Å²) in [5.41, 5.74) is 0.0170. The van der Waals surface area contributed by atoms with Crippen LogP contribution in [0.2, 0.25) is 0 Å². The third kappa shape index (κ3) is 2.83. The van der Waals surface area contributed by atoms with Crippen molar-refractivity contribution in [3.63, 3.8) is 0 Å². The van der Waals surface area contributed by atoms with Crippen LogP contribution in [-0.4, -0.2) is 27.7 Å². The van der Waals surface area contributed by atoms with Gasteiger partial charge in [0.2, 0.25) is 0 Å². The Kier molecular flexibility index (Phi) is 4.09. The predicted octanol–water partition coefficient (Wildman–Crippen LogP) is 2.46. The van der Waals surface area contributed by atoms with E-state index in [1.807, 2.05) is 0 Å². The first-order valence-corrected chi connectivity index (χ1v) is 6.14. The topological polar surface area (TPSA) is 88.3 Å². The summed E-state index contributed by atoms with van der Waals surface area (Å²) < 4.78 is 14.0. The van der Waals surface area contributed by atoms with Gasteiger partial charge in [0.25, 0.3) is 5.69 Å².